The second kappa shape index (κ2) is 5.32. The lowest BCUT2D eigenvalue weighted by Gasteiger charge is -2.57. The summed E-state index contributed by atoms with van der Waals surface area (Å²) in [7, 11) is 0. The number of esters is 1. The van der Waals surface area contributed by atoms with Gasteiger partial charge in [0, 0.05) is 18.8 Å². The van der Waals surface area contributed by atoms with Gasteiger partial charge in [-0.15, -0.1) is 0 Å². The Morgan fingerprint density at radius 3 is 2.65 bits per heavy atom. The van der Waals surface area contributed by atoms with Crippen molar-refractivity contribution in [3.05, 3.63) is 23.8 Å². The van der Waals surface area contributed by atoms with Gasteiger partial charge in [-0.2, -0.15) is 0 Å². The summed E-state index contributed by atoms with van der Waals surface area (Å²) < 4.78 is 5.50. The SMILES string of the molecule is C=C1C[C@H](OC(C)=O)[C@@H](Br)C(C)(C)[C@]12CC=C(C)CC2. The van der Waals surface area contributed by atoms with Crippen LogP contribution in [-0.2, 0) is 9.53 Å². The lowest BCUT2D eigenvalue weighted by Crippen LogP contribution is -2.55. The van der Waals surface area contributed by atoms with Gasteiger partial charge in [0.1, 0.15) is 6.10 Å². The smallest absolute Gasteiger partial charge is 0.302 e. The van der Waals surface area contributed by atoms with Crippen LogP contribution in [0.3, 0.4) is 0 Å². The van der Waals surface area contributed by atoms with Crippen molar-refractivity contribution in [2.45, 2.75) is 64.3 Å². The summed E-state index contributed by atoms with van der Waals surface area (Å²) in [6.07, 6.45) is 6.37. The standard InChI is InChI=1S/C17H25BrO2/c1-11-6-8-17(9-7-11)12(2)10-14(20-13(3)19)15(18)16(17,4)5/h6,14-15H,2,7-10H2,1,3-5H3/t14-,15+,17-/m0/s1. The molecule has 0 aromatic heterocycles. The maximum Gasteiger partial charge on any atom is 0.302 e. The number of halogens is 1. The summed E-state index contributed by atoms with van der Waals surface area (Å²) in [5.41, 5.74) is 2.86. The van der Waals surface area contributed by atoms with Crippen molar-refractivity contribution >= 4 is 21.9 Å². The van der Waals surface area contributed by atoms with E-state index in [1.165, 1.54) is 18.1 Å². The monoisotopic (exact) mass is 340 g/mol. The van der Waals surface area contributed by atoms with E-state index in [-0.39, 0.29) is 27.7 Å². The zero-order valence-electron chi connectivity index (χ0n) is 13.0. The zero-order chi connectivity index (χ0) is 15.1. The van der Waals surface area contributed by atoms with Crippen molar-refractivity contribution in [1.29, 1.82) is 0 Å². The molecule has 1 fully saturated rings. The second-order valence-corrected chi connectivity index (χ2v) is 7.90. The van der Waals surface area contributed by atoms with Crippen molar-refractivity contribution < 1.29 is 9.53 Å². The number of rotatable bonds is 1. The summed E-state index contributed by atoms with van der Waals surface area (Å²) in [6, 6.07) is 0. The van der Waals surface area contributed by atoms with Crippen molar-refractivity contribution in [2.75, 3.05) is 0 Å². The zero-order valence-corrected chi connectivity index (χ0v) is 14.5. The molecular formula is C17H25BrO2. The minimum Gasteiger partial charge on any atom is -0.461 e. The van der Waals surface area contributed by atoms with Crippen molar-refractivity contribution in [3.63, 3.8) is 0 Å². The van der Waals surface area contributed by atoms with Crippen LogP contribution in [0.2, 0.25) is 0 Å². The van der Waals surface area contributed by atoms with Crippen molar-refractivity contribution in [1.82, 2.24) is 0 Å². The molecule has 1 spiro atoms. The molecule has 2 rings (SSSR count). The molecule has 0 aromatic rings. The third-order valence-corrected chi connectivity index (χ3v) is 7.17. The van der Waals surface area contributed by atoms with E-state index in [1.54, 1.807) is 0 Å². The fourth-order valence-electron chi connectivity index (χ4n) is 3.91. The summed E-state index contributed by atoms with van der Waals surface area (Å²) in [5.74, 6) is -0.210. The van der Waals surface area contributed by atoms with E-state index in [4.69, 9.17) is 4.74 Å². The molecule has 0 N–H and O–H groups in total. The van der Waals surface area contributed by atoms with Crippen LogP contribution in [0.15, 0.2) is 23.8 Å². The van der Waals surface area contributed by atoms with E-state index >= 15 is 0 Å². The number of allylic oxidation sites excluding steroid dienone is 2. The molecule has 20 heavy (non-hydrogen) atoms. The van der Waals surface area contributed by atoms with Gasteiger partial charge in [0.15, 0.2) is 0 Å². The lowest BCUT2D eigenvalue weighted by atomic mass is 9.50. The van der Waals surface area contributed by atoms with Crippen LogP contribution >= 0.6 is 15.9 Å². The Labute approximate surface area is 130 Å². The fourth-order valence-corrected chi connectivity index (χ4v) is 4.64. The average molecular weight is 341 g/mol. The van der Waals surface area contributed by atoms with E-state index in [2.05, 4.69) is 49.4 Å². The van der Waals surface area contributed by atoms with Crippen molar-refractivity contribution in [2.24, 2.45) is 10.8 Å². The highest BCUT2D eigenvalue weighted by Gasteiger charge is 2.56. The Hall–Kier alpha value is -0.570. The summed E-state index contributed by atoms with van der Waals surface area (Å²) in [4.78, 5) is 11.5. The molecular weight excluding hydrogens is 316 g/mol. The highest BCUT2D eigenvalue weighted by Crippen LogP contribution is 2.61. The molecule has 0 aliphatic heterocycles. The van der Waals surface area contributed by atoms with Crippen LogP contribution in [0.4, 0.5) is 0 Å². The Morgan fingerprint density at radius 2 is 2.15 bits per heavy atom. The van der Waals surface area contributed by atoms with Crippen LogP contribution in [-0.4, -0.2) is 16.9 Å². The number of carbonyl (C=O) groups excluding carboxylic acids is 1. The molecule has 1 saturated carbocycles. The van der Waals surface area contributed by atoms with Crippen LogP contribution in [0.25, 0.3) is 0 Å². The first-order chi connectivity index (χ1) is 9.20. The Balaban J connectivity index is 2.33. The number of alkyl halides is 1. The van der Waals surface area contributed by atoms with Gasteiger partial charge < -0.3 is 4.74 Å². The third kappa shape index (κ3) is 2.38. The number of hydrogen-bond donors (Lipinski definition) is 0. The molecule has 0 unspecified atom stereocenters. The van der Waals surface area contributed by atoms with Crippen LogP contribution in [0.5, 0.6) is 0 Å². The summed E-state index contributed by atoms with van der Waals surface area (Å²) >= 11 is 3.82. The predicted octanol–water partition coefficient (Wildman–Crippen LogP) is 4.78. The minimum atomic E-state index is -0.210. The van der Waals surface area contributed by atoms with Gasteiger partial charge in [-0.25, -0.2) is 0 Å². The molecule has 0 aromatic carbocycles. The van der Waals surface area contributed by atoms with Gasteiger partial charge in [0.05, 0.1) is 4.83 Å². The quantitative estimate of drug-likeness (QED) is 0.390. The predicted molar refractivity (Wildman–Crippen MR) is 85.8 cm³/mol. The van der Waals surface area contributed by atoms with Gasteiger partial charge in [-0.3, -0.25) is 4.79 Å². The summed E-state index contributed by atoms with van der Waals surface area (Å²) in [6.45, 7) is 12.6. The number of carbonyl (C=O) groups is 1. The summed E-state index contributed by atoms with van der Waals surface area (Å²) in [5, 5.41) is 0. The molecule has 112 valence electrons. The highest BCUT2D eigenvalue weighted by atomic mass is 79.9. The number of hydrogen-bond acceptors (Lipinski definition) is 2. The fraction of sp³-hybridized carbons (Fsp3) is 0.706. The Kier molecular flexibility index (Phi) is 4.21. The van der Waals surface area contributed by atoms with Gasteiger partial charge in [0.25, 0.3) is 0 Å². The Morgan fingerprint density at radius 1 is 1.50 bits per heavy atom. The van der Waals surface area contributed by atoms with E-state index in [9.17, 15) is 4.79 Å². The van der Waals surface area contributed by atoms with E-state index in [0.717, 1.165) is 25.7 Å². The van der Waals surface area contributed by atoms with E-state index < -0.39 is 0 Å². The largest absolute Gasteiger partial charge is 0.461 e. The molecule has 0 radical (unpaired) electrons. The van der Waals surface area contributed by atoms with Gasteiger partial charge in [0.2, 0.25) is 0 Å². The van der Waals surface area contributed by atoms with E-state index in [0.29, 0.717) is 0 Å². The van der Waals surface area contributed by atoms with Crippen LogP contribution in [0.1, 0.15) is 53.4 Å². The lowest BCUT2D eigenvalue weighted by molar-refractivity contribution is -0.150. The van der Waals surface area contributed by atoms with Gasteiger partial charge >= 0.3 is 5.97 Å². The second-order valence-electron chi connectivity index (χ2n) is 6.92. The number of ether oxygens (including phenoxy) is 1. The minimum absolute atomic E-state index is 0.0135. The van der Waals surface area contributed by atoms with Gasteiger partial charge in [-0.05, 0) is 31.6 Å². The first-order valence-electron chi connectivity index (χ1n) is 7.36. The van der Waals surface area contributed by atoms with E-state index in [1.807, 2.05) is 0 Å². The molecule has 2 aliphatic rings. The molecule has 0 bridgehead atoms. The molecule has 2 nitrogen and oxygen atoms in total. The topological polar surface area (TPSA) is 26.3 Å². The van der Waals surface area contributed by atoms with Gasteiger partial charge in [-0.1, -0.05) is 53.6 Å². The third-order valence-electron chi connectivity index (χ3n) is 5.44. The Bertz CT molecular complexity index is 464. The molecule has 0 amide bonds. The van der Waals surface area contributed by atoms with Crippen LogP contribution in [0, 0.1) is 10.8 Å². The maximum absolute atomic E-state index is 11.3. The first-order valence-corrected chi connectivity index (χ1v) is 8.27. The first kappa shape index (κ1) is 15.8. The maximum atomic E-state index is 11.3. The molecule has 0 heterocycles. The average Bonchev–Trinajstić information content (AvgIpc) is 2.35. The normalized spacial score (nSPS) is 36.6. The molecule has 0 saturated heterocycles. The van der Waals surface area contributed by atoms with Crippen LogP contribution < -0.4 is 0 Å². The van der Waals surface area contributed by atoms with Crippen molar-refractivity contribution in [3.8, 4) is 0 Å². The highest BCUT2D eigenvalue weighted by molar-refractivity contribution is 9.09. The molecule has 3 atom stereocenters. The molecule has 3 heteroatoms. The molecule has 2 aliphatic carbocycles.